The van der Waals surface area contributed by atoms with E-state index in [2.05, 4.69) is 15.5 Å². The van der Waals surface area contributed by atoms with Gasteiger partial charge >= 0.3 is 0 Å². The summed E-state index contributed by atoms with van der Waals surface area (Å²) in [6.45, 7) is 0.448. The Balaban J connectivity index is 1.71. The molecule has 1 aromatic heterocycles. The number of ether oxygens (including phenoxy) is 1. The van der Waals surface area contributed by atoms with Gasteiger partial charge in [-0.05, 0) is 23.8 Å². The number of benzene rings is 2. The number of carbonyl (C=O) groups is 1. The monoisotopic (exact) mass is 281 g/mol. The molecule has 21 heavy (non-hydrogen) atoms. The molecule has 5 heteroatoms. The van der Waals surface area contributed by atoms with Gasteiger partial charge in [0.15, 0.2) is 5.69 Å². The summed E-state index contributed by atoms with van der Waals surface area (Å²) in [5, 5.41) is 10.6. The standard InChI is InChI=1S/C16H15N3O2/c1-21-12-8-6-11(7-9-12)10-17-16(20)15-13-4-2-3-5-14(13)18-19-15/h2-9H,10H2,1H3,(H,17,20)(H,18,19). The van der Waals surface area contributed by atoms with Crippen molar-refractivity contribution in [1.82, 2.24) is 15.5 Å². The number of para-hydroxylation sites is 1. The van der Waals surface area contributed by atoms with Gasteiger partial charge in [0.05, 0.1) is 12.6 Å². The number of H-pyrrole nitrogens is 1. The van der Waals surface area contributed by atoms with E-state index in [1.807, 2.05) is 48.5 Å². The van der Waals surface area contributed by atoms with E-state index < -0.39 is 0 Å². The van der Waals surface area contributed by atoms with Crippen LogP contribution in [-0.2, 0) is 6.54 Å². The van der Waals surface area contributed by atoms with Gasteiger partial charge < -0.3 is 10.1 Å². The van der Waals surface area contributed by atoms with E-state index in [0.29, 0.717) is 12.2 Å². The van der Waals surface area contributed by atoms with Crippen molar-refractivity contribution in [2.24, 2.45) is 0 Å². The number of rotatable bonds is 4. The van der Waals surface area contributed by atoms with E-state index in [-0.39, 0.29) is 5.91 Å². The highest BCUT2D eigenvalue weighted by Gasteiger charge is 2.13. The summed E-state index contributed by atoms with van der Waals surface area (Å²) in [6.07, 6.45) is 0. The summed E-state index contributed by atoms with van der Waals surface area (Å²) in [5.41, 5.74) is 2.27. The molecular weight excluding hydrogens is 266 g/mol. The SMILES string of the molecule is COc1ccc(CNC(=O)c2n[nH]c3ccccc23)cc1. The summed E-state index contributed by atoms with van der Waals surface area (Å²) >= 11 is 0. The molecule has 0 radical (unpaired) electrons. The van der Waals surface area contributed by atoms with Crippen LogP contribution in [0.5, 0.6) is 5.75 Å². The maximum atomic E-state index is 12.2. The number of fused-ring (bicyclic) bond motifs is 1. The second-order valence-corrected chi connectivity index (χ2v) is 4.65. The maximum Gasteiger partial charge on any atom is 0.272 e. The van der Waals surface area contributed by atoms with Crippen molar-refractivity contribution in [1.29, 1.82) is 0 Å². The molecule has 0 spiro atoms. The number of amides is 1. The Morgan fingerprint density at radius 1 is 1.19 bits per heavy atom. The van der Waals surface area contributed by atoms with Gasteiger partial charge in [0.2, 0.25) is 0 Å². The molecule has 3 aromatic rings. The zero-order chi connectivity index (χ0) is 14.7. The van der Waals surface area contributed by atoms with Gasteiger partial charge in [0.1, 0.15) is 5.75 Å². The number of nitrogens with one attached hydrogen (secondary N) is 2. The van der Waals surface area contributed by atoms with E-state index in [0.717, 1.165) is 22.2 Å². The molecular formula is C16H15N3O2. The first kappa shape index (κ1) is 13.2. The van der Waals surface area contributed by atoms with Crippen molar-refractivity contribution in [3.63, 3.8) is 0 Å². The van der Waals surface area contributed by atoms with Crippen molar-refractivity contribution in [2.75, 3.05) is 7.11 Å². The lowest BCUT2D eigenvalue weighted by Crippen LogP contribution is -2.23. The first-order valence-electron chi connectivity index (χ1n) is 6.62. The summed E-state index contributed by atoms with van der Waals surface area (Å²) in [7, 11) is 1.62. The zero-order valence-electron chi connectivity index (χ0n) is 11.6. The van der Waals surface area contributed by atoms with E-state index in [4.69, 9.17) is 4.74 Å². The topological polar surface area (TPSA) is 67.0 Å². The highest BCUT2D eigenvalue weighted by Crippen LogP contribution is 2.15. The second kappa shape index (κ2) is 5.66. The normalized spacial score (nSPS) is 10.5. The Morgan fingerprint density at radius 3 is 2.71 bits per heavy atom. The van der Waals surface area contributed by atoms with Crippen molar-refractivity contribution in [3.05, 3.63) is 59.8 Å². The molecule has 1 amide bonds. The zero-order valence-corrected chi connectivity index (χ0v) is 11.6. The lowest BCUT2D eigenvalue weighted by molar-refractivity contribution is 0.0947. The van der Waals surface area contributed by atoms with E-state index in [1.165, 1.54) is 0 Å². The molecule has 0 aliphatic heterocycles. The van der Waals surface area contributed by atoms with Crippen LogP contribution >= 0.6 is 0 Å². The van der Waals surface area contributed by atoms with Crippen LogP contribution in [0.4, 0.5) is 0 Å². The minimum absolute atomic E-state index is 0.191. The molecule has 106 valence electrons. The van der Waals surface area contributed by atoms with Crippen LogP contribution in [-0.4, -0.2) is 23.2 Å². The van der Waals surface area contributed by atoms with E-state index >= 15 is 0 Å². The molecule has 0 unspecified atom stereocenters. The maximum absolute atomic E-state index is 12.2. The second-order valence-electron chi connectivity index (χ2n) is 4.65. The predicted octanol–water partition coefficient (Wildman–Crippen LogP) is 2.50. The van der Waals surface area contributed by atoms with E-state index in [9.17, 15) is 4.79 Å². The highest BCUT2D eigenvalue weighted by atomic mass is 16.5. The number of methoxy groups -OCH3 is 1. The fraction of sp³-hybridized carbons (Fsp3) is 0.125. The van der Waals surface area contributed by atoms with E-state index in [1.54, 1.807) is 7.11 Å². The molecule has 0 saturated carbocycles. The van der Waals surface area contributed by atoms with Crippen molar-refractivity contribution in [3.8, 4) is 5.75 Å². The smallest absolute Gasteiger partial charge is 0.272 e. The van der Waals surface area contributed by atoms with Crippen LogP contribution in [0.1, 0.15) is 16.1 Å². The molecule has 5 nitrogen and oxygen atoms in total. The van der Waals surface area contributed by atoms with Gasteiger partial charge in [-0.25, -0.2) is 0 Å². The molecule has 2 aromatic carbocycles. The molecule has 0 saturated heterocycles. The van der Waals surface area contributed by atoms with Crippen LogP contribution in [0.2, 0.25) is 0 Å². The Morgan fingerprint density at radius 2 is 1.95 bits per heavy atom. The minimum atomic E-state index is -0.191. The fourth-order valence-electron chi connectivity index (χ4n) is 2.15. The van der Waals surface area contributed by atoms with Crippen molar-refractivity contribution >= 4 is 16.8 Å². The Labute approximate surface area is 121 Å². The van der Waals surface area contributed by atoms with Gasteiger partial charge in [-0.1, -0.05) is 30.3 Å². The number of hydrogen-bond acceptors (Lipinski definition) is 3. The Hall–Kier alpha value is -2.82. The molecule has 0 aliphatic rings. The molecule has 1 heterocycles. The lowest BCUT2D eigenvalue weighted by atomic mass is 10.2. The summed E-state index contributed by atoms with van der Waals surface area (Å²) in [5.74, 6) is 0.603. The first-order valence-corrected chi connectivity index (χ1v) is 6.62. The Bertz CT molecular complexity index is 763. The van der Waals surface area contributed by atoms with Gasteiger partial charge in [0.25, 0.3) is 5.91 Å². The minimum Gasteiger partial charge on any atom is -0.497 e. The summed E-state index contributed by atoms with van der Waals surface area (Å²) in [4.78, 5) is 12.2. The third-order valence-electron chi connectivity index (χ3n) is 3.30. The lowest BCUT2D eigenvalue weighted by Gasteiger charge is -2.05. The number of aromatic amines is 1. The summed E-state index contributed by atoms with van der Waals surface area (Å²) in [6, 6.07) is 15.1. The number of carbonyl (C=O) groups excluding carboxylic acids is 1. The average Bonchev–Trinajstić information content (AvgIpc) is 2.97. The third kappa shape index (κ3) is 2.72. The molecule has 0 atom stereocenters. The van der Waals surface area contributed by atoms with Gasteiger partial charge in [-0.15, -0.1) is 0 Å². The van der Waals surface area contributed by atoms with Crippen LogP contribution in [0, 0.1) is 0 Å². The summed E-state index contributed by atoms with van der Waals surface area (Å²) < 4.78 is 5.10. The Kier molecular flexibility index (Phi) is 3.55. The number of aromatic nitrogens is 2. The number of nitrogens with zero attached hydrogens (tertiary/aromatic N) is 1. The predicted molar refractivity (Wildman–Crippen MR) is 80.3 cm³/mol. The van der Waals surface area contributed by atoms with Crippen LogP contribution < -0.4 is 10.1 Å². The third-order valence-corrected chi connectivity index (χ3v) is 3.30. The van der Waals surface area contributed by atoms with Crippen LogP contribution in [0.15, 0.2) is 48.5 Å². The molecule has 0 fully saturated rings. The molecule has 2 N–H and O–H groups in total. The van der Waals surface area contributed by atoms with Crippen LogP contribution in [0.25, 0.3) is 10.9 Å². The van der Waals surface area contributed by atoms with Crippen molar-refractivity contribution in [2.45, 2.75) is 6.54 Å². The first-order chi connectivity index (χ1) is 10.3. The van der Waals surface area contributed by atoms with Crippen LogP contribution in [0.3, 0.4) is 0 Å². The number of hydrogen-bond donors (Lipinski definition) is 2. The largest absolute Gasteiger partial charge is 0.497 e. The fourth-order valence-corrected chi connectivity index (χ4v) is 2.15. The molecule has 0 bridgehead atoms. The highest BCUT2D eigenvalue weighted by molar-refractivity contribution is 6.04. The molecule has 3 rings (SSSR count). The van der Waals surface area contributed by atoms with Gasteiger partial charge in [-0.2, -0.15) is 5.10 Å². The molecule has 0 aliphatic carbocycles. The quantitative estimate of drug-likeness (QED) is 0.772. The van der Waals surface area contributed by atoms with Gasteiger partial charge in [-0.3, -0.25) is 9.89 Å². The van der Waals surface area contributed by atoms with Gasteiger partial charge in [0, 0.05) is 11.9 Å². The average molecular weight is 281 g/mol. The van der Waals surface area contributed by atoms with Crippen molar-refractivity contribution < 1.29 is 9.53 Å².